The van der Waals surface area contributed by atoms with E-state index in [4.69, 9.17) is 5.14 Å². The minimum Gasteiger partial charge on any atom is -0.338 e. The van der Waals surface area contributed by atoms with Gasteiger partial charge < -0.3 is 16.0 Å². The van der Waals surface area contributed by atoms with Gasteiger partial charge in [0.25, 0.3) is 0 Å². The van der Waals surface area contributed by atoms with Gasteiger partial charge in [0.1, 0.15) is 0 Å². The summed E-state index contributed by atoms with van der Waals surface area (Å²) in [7, 11) is -3.80. The summed E-state index contributed by atoms with van der Waals surface area (Å²) in [6.45, 7) is 0. The van der Waals surface area contributed by atoms with Crippen molar-refractivity contribution in [2.45, 2.75) is 23.8 Å². The Morgan fingerprint density at radius 2 is 1.79 bits per heavy atom. The number of nitrogens with zero attached hydrogens (tertiary/aromatic N) is 3. The minimum atomic E-state index is -3.80. The molecule has 5 N–H and O–H groups in total. The van der Waals surface area contributed by atoms with Crippen LogP contribution in [0.25, 0.3) is 10.9 Å². The Morgan fingerprint density at radius 1 is 1.06 bits per heavy atom. The van der Waals surface area contributed by atoms with Crippen LogP contribution in [0.3, 0.4) is 0 Å². The molecule has 0 saturated heterocycles. The van der Waals surface area contributed by atoms with Crippen LogP contribution >= 0.6 is 0 Å². The summed E-state index contributed by atoms with van der Waals surface area (Å²) in [6.07, 6.45) is 4.72. The maximum absolute atomic E-state index is 14.4. The number of amides is 1. The van der Waals surface area contributed by atoms with E-state index in [0.717, 1.165) is 29.9 Å². The molecule has 1 aliphatic rings. The maximum Gasteiger partial charge on any atom is 0.326 e. The third-order valence-electron chi connectivity index (χ3n) is 5.26. The lowest BCUT2D eigenvalue weighted by Gasteiger charge is -2.10. The summed E-state index contributed by atoms with van der Waals surface area (Å²) in [5, 5.41) is 14.7. The van der Waals surface area contributed by atoms with Crippen LogP contribution in [0.2, 0.25) is 0 Å². The predicted molar refractivity (Wildman–Crippen MR) is 125 cm³/mol. The number of nitrogens with one attached hydrogen (secondary N) is 3. The van der Waals surface area contributed by atoms with E-state index in [0.29, 0.717) is 11.4 Å². The number of primary sulfonamides is 1. The predicted octanol–water partition coefficient (Wildman–Crippen LogP) is 3.43. The highest BCUT2D eigenvalue weighted by molar-refractivity contribution is 7.89. The molecule has 1 amide bonds. The van der Waals surface area contributed by atoms with Crippen molar-refractivity contribution in [2.24, 2.45) is 5.14 Å². The zero-order chi connectivity index (χ0) is 23.9. The largest absolute Gasteiger partial charge is 0.338 e. The van der Waals surface area contributed by atoms with E-state index in [1.54, 1.807) is 29.0 Å². The van der Waals surface area contributed by atoms with Crippen molar-refractivity contribution in [1.29, 1.82) is 0 Å². The zero-order valence-corrected chi connectivity index (χ0v) is 18.5. The molecule has 12 heteroatoms. The van der Waals surface area contributed by atoms with Crippen LogP contribution in [0.15, 0.2) is 65.8 Å². The quantitative estimate of drug-likeness (QED) is 0.330. The number of benzene rings is 2. The van der Waals surface area contributed by atoms with Gasteiger partial charge in [-0.2, -0.15) is 4.98 Å². The van der Waals surface area contributed by atoms with E-state index < -0.39 is 15.8 Å². The molecule has 10 nitrogen and oxygen atoms in total. The SMILES string of the molecule is NS(=O)(=O)c1ccc(Nc2ncc(F)c(Nc3ccc4c(ccn4C(=O)NC4CC4)c3)n2)cc1. The molecule has 0 radical (unpaired) electrons. The van der Waals surface area contributed by atoms with Gasteiger partial charge in [-0.3, -0.25) is 4.57 Å². The Kier molecular flexibility index (Phi) is 5.38. The highest BCUT2D eigenvalue weighted by atomic mass is 32.2. The average Bonchev–Trinajstić information content (AvgIpc) is 3.51. The van der Waals surface area contributed by atoms with Gasteiger partial charge in [0, 0.05) is 29.0 Å². The number of hydrogen-bond acceptors (Lipinski definition) is 7. The maximum atomic E-state index is 14.4. The molecule has 34 heavy (non-hydrogen) atoms. The summed E-state index contributed by atoms with van der Waals surface area (Å²) >= 11 is 0. The molecule has 1 aliphatic carbocycles. The summed E-state index contributed by atoms with van der Waals surface area (Å²) in [5.74, 6) is -0.600. The fourth-order valence-electron chi connectivity index (χ4n) is 3.38. The summed E-state index contributed by atoms with van der Waals surface area (Å²) < 4.78 is 38.7. The second-order valence-electron chi connectivity index (χ2n) is 7.89. The molecular weight excluding hydrogens is 461 g/mol. The van der Waals surface area contributed by atoms with Crippen molar-refractivity contribution >= 4 is 50.1 Å². The number of rotatable bonds is 6. The van der Waals surface area contributed by atoms with Gasteiger partial charge in [-0.25, -0.2) is 27.7 Å². The van der Waals surface area contributed by atoms with Gasteiger partial charge in [-0.15, -0.1) is 0 Å². The molecule has 2 heterocycles. The normalized spacial score (nSPS) is 13.6. The van der Waals surface area contributed by atoms with Crippen molar-refractivity contribution in [2.75, 3.05) is 10.6 Å². The van der Waals surface area contributed by atoms with Gasteiger partial charge in [0.2, 0.25) is 16.0 Å². The Balaban J connectivity index is 1.34. The van der Waals surface area contributed by atoms with Crippen LogP contribution < -0.4 is 21.1 Å². The lowest BCUT2D eigenvalue weighted by atomic mass is 10.2. The summed E-state index contributed by atoms with van der Waals surface area (Å²) in [6, 6.07) is 12.8. The van der Waals surface area contributed by atoms with Crippen LogP contribution in [-0.2, 0) is 10.0 Å². The van der Waals surface area contributed by atoms with Crippen molar-refractivity contribution in [3.63, 3.8) is 0 Å². The number of halogens is 1. The number of hydrogen-bond donors (Lipinski definition) is 4. The Hall–Kier alpha value is -4.03. The first kappa shape index (κ1) is 21.8. The highest BCUT2D eigenvalue weighted by Gasteiger charge is 2.24. The van der Waals surface area contributed by atoms with E-state index in [9.17, 15) is 17.6 Å². The third kappa shape index (κ3) is 4.67. The molecule has 1 saturated carbocycles. The Morgan fingerprint density at radius 3 is 2.50 bits per heavy atom. The third-order valence-corrected chi connectivity index (χ3v) is 6.19. The first-order chi connectivity index (χ1) is 16.3. The molecule has 174 valence electrons. The Bertz CT molecular complexity index is 1500. The molecule has 0 spiro atoms. The monoisotopic (exact) mass is 481 g/mol. The molecule has 0 unspecified atom stereocenters. The molecule has 0 atom stereocenters. The standard InChI is InChI=1S/C22H20FN7O3S/c23-18-12-25-21(27-14-3-6-17(7-4-14)34(24,32)33)29-20(18)26-16-5-8-19-13(11-16)9-10-30(19)22(31)28-15-1-2-15/h3-12,15H,1-2H2,(H,28,31)(H2,24,32,33)(H2,25,26,27,29). The molecule has 0 aliphatic heterocycles. The summed E-state index contributed by atoms with van der Waals surface area (Å²) in [4.78, 5) is 20.4. The van der Waals surface area contributed by atoms with Gasteiger partial charge >= 0.3 is 6.03 Å². The summed E-state index contributed by atoms with van der Waals surface area (Å²) in [5.41, 5.74) is 1.81. The number of sulfonamides is 1. The fourth-order valence-corrected chi connectivity index (χ4v) is 3.89. The van der Waals surface area contributed by atoms with Crippen LogP contribution in [0.4, 0.5) is 32.3 Å². The lowest BCUT2D eigenvalue weighted by molar-refractivity contribution is 0.243. The van der Waals surface area contributed by atoms with Crippen LogP contribution in [0.1, 0.15) is 12.8 Å². The fraction of sp³-hybridized carbons (Fsp3) is 0.136. The second-order valence-corrected chi connectivity index (χ2v) is 9.45. The van der Waals surface area contributed by atoms with Crippen LogP contribution in [0, 0.1) is 5.82 Å². The number of nitrogens with two attached hydrogens (primary N) is 1. The molecule has 2 aromatic heterocycles. The number of fused-ring (bicyclic) bond motifs is 1. The van der Waals surface area contributed by atoms with Crippen LogP contribution in [-0.4, -0.2) is 35.0 Å². The van der Waals surface area contributed by atoms with Crippen molar-refractivity contribution in [3.8, 4) is 0 Å². The number of carbonyl (C=O) groups excluding carboxylic acids is 1. The number of carbonyl (C=O) groups is 1. The van der Waals surface area contributed by atoms with E-state index in [1.165, 1.54) is 24.3 Å². The number of anilines is 4. The molecular formula is C22H20FN7O3S. The van der Waals surface area contributed by atoms with E-state index >= 15 is 0 Å². The van der Waals surface area contributed by atoms with Crippen molar-refractivity contribution in [3.05, 3.63) is 66.7 Å². The number of aromatic nitrogens is 3. The van der Waals surface area contributed by atoms with Crippen molar-refractivity contribution < 1.29 is 17.6 Å². The zero-order valence-electron chi connectivity index (χ0n) is 17.7. The minimum absolute atomic E-state index is 0.0327. The second kappa shape index (κ2) is 8.39. The Labute approximate surface area is 194 Å². The van der Waals surface area contributed by atoms with Gasteiger partial charge in [0.05, 0.1) is 16.6 Å². The molecule has 5 rings (SSSR count). The van der Waals surface area contributed by atoms with Gasteiger partial charge in [0.15, 0.2) is 11.6 Å². The lowest BCUT2D eigenvalue weighted by Crippen LogP contribution is -2.29. The van der Waals surface area contributed by atoms with E-state index in [1.807, 2.05) is 6.07 Å². The highest BCUT2D eigenvalue weighted by Crippen LogP contribution is 2.26. The molecule has 4 aromatic rings. The van der Waals surface area contributed by atoms with Crippen molar-refractivity contribution in [1.82, 2.24) is 19.9 Å². The van der Waals surface area contributed by atoms with Crippen LogP contribution in [0.5, 0.6) is 0 Å². The first-order valence-electron chi connectivity index (χ1n) is 10.4. The topological polar surface area (TPSA) is 144 Å². The van der Waals surface area contributed by atoms with E-state index in [-0.39, 0.29) is 28.7 Å². The van der Waals surface area contributed by atoms with Gasteiger partial charge in [-0.05, 0) is 61.4 Å². The molecule has 2 aromatic carbocycles. The van der Waals surface area contributed by atoms with E-state index in [2.05, 4.69) is 25.9 Å². The molecule has 1 fully saturated rings. The van der Waals surface area contributed by atoms with Gasteiger partial charge in [-0.1, -0.05) is 0 Å². The first-order valence-corrected chi connectivity index (χ1v) is 11.9. The smallest absolute Gasteiger partial charge is 0.326 e. The average molecular weight is 482 g/mol. The molecule has 0 bridgehead atoms.